The van der Waals surface area contributed by atoms with Gasteiger partial charge in [-0.15, -0.1) is 12.4 Å². The molecule has 0 aromatic carbocycles. The van der Waals surface area contributed by atoms with Gasteiger partial charge in [0.2, 0.25) is 0 Å². The number of unbranched alkanes of at least 4 members (excludes halogenated alkanes) is 4. The van der Waals surface area contributed by atoms with E-state index in [1.807, 2.05) is 0 Å². The Labute approximate surface area is 93.5 Å². The maximum atomic E-state index is 10.0. The van der Waals surface area contributed by atoms with Crippen LogP contribution in [0.3, 0.4) is 0 Å². The van der Waals surface area contributed by atoms with Crippen LogP contribution in [0.5, 0.6) is 0 Å². The monoisotopic (exact) mass is 219 g/mol. The number of hydrogen-bond acceptors (Lipinski definition) is 2. The molecule has 1 aliphatic heterocycles. The Morgan fingerprint density at radius 2 is 1.64 bits per heavy atom. The van der Waals surface area contributed by atoms with Crippen molar-refractivity contribution in [3.63, 3.8) is 0 Å². The van der Waals surface area contributed by atoms with Gasteiger partial charge in [-0.3, -0.25) is 0 Å². The van der Waals surface area contributed by atoms with Crippen LogP contribution in [0.15, 0.2) is 0 Å². The van der Waals surface area contributed by atoms with E-state index in [9.17, 15) is 4.79 Å². The average molecular weight is 220 g/mol. The Balaban J connectivity index is 0.00000169. The molecule has 0 aromatic rings. The standard InChI is InChI=1S/C11H21NO.ClH/c13-11-7-3-1-2-4-8-12-9-5-6-10-12;/h11H,1-10H2;1H. The summed E-state index contributed by atoms with van der Waals surface area (Å²) >= 11 is 0. The molecule has 0 unspecified atom stereocenters. The largest absolute Gasteiger partial charge is 0.303 e. The van der Waals surface area contributed by atoms with Crippen molar-refractivity contribution in [3.05, 3.63) is 0 Å². The molecule has 0 saturated carbocycles. The third kappa shape index (κ3) is 6.39. The molecular weight excluding hydrogens is 198 g/mol. The second-order valence-electron chi connectivity index (χ2n) is 3.92. The number of rotatable bonds is 7. The van der Waals surface area contributed by atoms with Crippen LogP contribution in [0.1, 0.15) is 44.9 Å². The summed E-state index contributed by atoms with van der Waals surface area (Å²) in [6.45, 7) is 3.91. The van der Waals surface area contributed by atoms with Crippen LogP contribution in [-0.2, 0) is 4.79 Å². The molecule has 0 aliphatic carbocycles. The molecule has 1 saturated heterocycles. The molecule has 0 N–H and O–H groups in total. The summed E-state index contributed by atoms with van der Waals surface area (Å²) in [5.41, 5.74) is 0. The summed E-state index contributed by atoms with van der Waals surface area (Å²) in [5.74, 6) is 0. The molecule has 1 rings (SSSR count). The van der Waals surface area contributed by atoms with Crippen molar-refractivity contribution in [1.29, 1.82) is 0 Å². The molecule has 1 aliphatic rings. The number of carbonyl (C=O) groups excluding carboxylic acids is 1. The van der Waals surface area contributed by atoms with Gasteiger partial charge in [-0.25, -0.2) is 0 Å². The Morgan fingerprint density at radius 3 is 2.29 bits per heavy atom. The van der Waals surface area contributed by atoms with Gasteiger partial charge < -0.3 is 9.69 Å². The Bertz CT molecular complexity index is 135. The SMILES string of the molecule is Cl.O=CCCCCCCN1CCCC1. The number of nitrogens with zero attached hydrogens (tertiary/aromatic N) is 1. The van der Waals surface area contributed by atoms with Crippen LogP contribution in [0.2, 0.25) is 0 Å². The lowest BCUT2D eigenvalue weighted by molar-refractivity contribution is -0.107. The molecule has 84 valence electrons. The highest BCUT2D eigenvalue weighted by molar-refractivity contribution is 5.85. The minimum atomic E-state index is 0. The quantitative estimate of drug-likeness (QED) is 0.485. The lowest BCUT2D eigenvalue weighted by Crippen LogP contribution is -2.20. The van der Waals surface area contributed by atoms with Gasteiger partial charge >= 0.3 is 0 Å². The summed E-state index contributed by atoms with van der Waals surface area (Å²) in [4.78, 5) is 12.6. The molecule has 3 heteroatoms. The summed E-state index contributed by atoms with van der Waals surface area (Å²) in [5, 5.41) is 0. The van der Waals surface area contributed by atoms with Crippen molar-refractivity contribution in [2.75, 3.05) is 19.6 Å². The highest BCUT2D eigenvalue weighted by atomic mass is 35.5. The van der Waals surface area contributed by atoms with Crippen molar-refractivity contribution in [2.24, 2.45) is 0 Å². The summed E-state index contributed by atoms with van der Waals surface area (Å²) < 4.78 is 0. The summed E-state index contributed by atoms with van der Waals surface area (Å²) in [6, 6.07) is 0. The van der Waals surface area contributed by atoms with Crippen molar-refractivity contribution >= 4 is 18.7 Å². The topological polar surface area (TPSA) is 20.3 Å². The predicted octanol–water partition coefficient (Wildman–Crippen LogP) is 2.65. The van der Waals surface area contributed by atoms with E-state index in [1.165, 1.54) is 51.7 Å². The molecule has 0 atom stereocenters. The Kier molecular flexibility index (Phi) is 9.42. The number of carbonyl (C=O) groups is 1. The first kappa shape index (κ1) is 13.9. The molecular formula is C11H22ClNO. The maximum absolute atomic E-state index is 10.0. The van der Waals surface area contributed by atoms with Crippen molar-refractivity contribution in [1.82, 2.24) is 4.90 Å². The number of likely N-dealkylation sites (tertiary alicyclic amines) is 1. The van der Waals surface area contributed by atoms with Gasteiger partial charge in [0.05, 0.1) is 0 Å². The second-order valence-corrected chi connectivity index (χ2v) is 3.92. The Hall–Kier alpha value is -0.0800. The van der Waals surface area contributed by atoms with E-state index < -0.39 is 0 Å². The first-order valence-electron chi connectivity index (χ1n) is 5.59. The third-order valence-corrected chi connectivity index (χ3v) is 2.75. The van der Waals surface area contributed by atoms with Crippen LogP contribution in [0, 0.1) is 0 Å². The second kappa shape index (κ2) is 9.47. The van der Waals surface area contributed by atoms with E-state index in [0.29, 0.717) is 0 Å². The summed E-state index contributed by atoms with van der Waals surface area (Å²) in [6.07, 6.45) is 9.50. The predicted molar refractivity (Wildman–Crippen MR) is 62.1 cm³/mol. The fourth-order valence-corrected chi connectivity index (χ4v) is 1.92. The molecule has 1 fully saturated rings. The lowest BCUT2D eigenvalue weighted by Gasteiger charge is -2.13. The van der Waals surface area contributed by atoms with Gasteiger partial charge in [-0.1, -0.05) is 12.8 Å². The zero-order valence-corrected chi connectivity index (χ0v) is 9.73. The molecule has 0 spiro atoms. The third-order valence-electron chi connectivity index (χ3n) is 2.75. The van der Waals surface area contributed by atoms with Crippen LogP contribution in [0.25, 0.3) is 0 Å². The zero-order chi connectivity index (χ0) is 9.36. The smallest absolute Gasteiger partial charge is 0.119 e. The van der Waals surface area contributed by atoms with E-state index in [4.69, 9.17) is 0 Å². The van der Waals surface area contributed by atoms with E-state index >= 15 is 0 Å². The van der Waals surface area contributed by atoms with Crippen molar-refractivity contribution in [3.8, 4) is 0 Å². The maximum Gasteiger partial charge on any atom is 0.119 e. The summed E-state index contributed by atoms with van der Waals surface area (Å²) in [7, 11) is 0. The molecule has 1 heterocycles. The first-order valence-corrected chi connectivity index (χ1v) is 5.59. The van der Waals surface area contributed by atoms with E-state index in [2.05, 4.69) is 4.90 Å². The minimum absolute atomic E-state index is 0. The van der Waals surface area contributed by atoms with Crippen LogP contribution in [-0.4, -0.2) is 30.8 Å². The molecule has 14 heavy (non-hydrogen) atoms. The van der Waals surface area contributed by atoms with Gasteiger partial charge in [-0.05, 0) is 45.3 Å². The van der Waals surface area contributed by atoms with Gasteiger partial charge in [0.25, 0.3) is 0 Å². The zero-order valence-electron chi connectivity index (χ0n) is 8.91. The van der Waals surface area contributed by atoms with E-state index in [-0.39, 0.29) is 12.4 Å². The van der Waals surface area contributed by atoms with Crippen molar-refractivity contribution in [2.45, 2.75) is 44.9 Å². The highest BCUT2D eigenvalue weighted by Crippen LogP contribution is 2.09. The fourth-order valence-electron chi connectivity index (χ4n) is 1.92. The van der Waals surface area contributed by atoms with Crippen LogP contribution < -0.4 is 0 Å². The highest BCUT2D eigenvalue weighted by Gasteiger charge is 2.09. The van der Waals surface area contributed by atoms with Crippen molar-refractivity contribution < 1.29 is 4.79 Å². The average Bonchev–Trinajstić information content (AvgIpc) is 2.63. The first-order chi connectivity index (χ1) is 6.43. The number of halogens is 1. The fraction of sp³-hybridized carbons (Fsp3) is 0.909. The Morgan fingerprint density at radius 1 is 1.00 bits per heavy atom. The van der Waals surface area contributed by atoms with Gasteiger partial charge in [0.15, 0.2) is 0 Å². The molecule has 0 aromatic heterocycles. The number of aldehydes is 1. The lowest BCUT2D eigenvalue weighted by atomic mass is 10.1. The normalized spacial score (nSPS) is 16.6. The van der Waals surface area contributed by atoms with Gasteiger partial charge in [0.1, 0.15) is 6.29 Å². The molecule has 0 amide bonds. The van der Waals surface area contributed by atoms with Gasteiger partial charge in [0, 0.05) is 6.42 Å². The van der Waals surface area contributed by atoms with E-state index in [0.717, 1.165) is 19.1 Å². The molecule has 0 bridgehead atoms. The molecule has 0 radical (unpaired) electrons. The van der Waals surface area contributed by atoms with Gasteiger partial charge in [-0.2, -0.15) is 0 Å². The van der Waals surface area contributed by atoms with Crippen LogP contribution in [0.4, 0.5) is 0 Å². The molecule has 2 nitrogen and oxygen atoms in total. The van der Waals surface area contributed by atoms with Crippen LogP contribution >= 0.6 is 12.4 Å². The van der Waals surface area contributed by atoms with E-state index in [1.54, 1.807) is 0 Å². The number of hydrogen-bond donors (Lipinski definition) is 0. The minimum Gasteiger partial charge on any atom is -0.303 e.